The first kappa shape index (κ1) is 13.6. The smallest absolute Gasteiger partial charge is 0.119 e. The zero-order valence-electron chi connectivity index (χ0n) is 12.2. The van der Waals surface area contributed by atoms with Crippen LogP contribution in [0.15, 0.2) is 42.6 Å². The van der Waals surface area contributed by atoms with E-state index in [-0.39, 0.29) is 6.04 Å². The minimum atomic E-state index is -0.137. The van der Waals surface area contributed by atoms with Crippen molar-refractivity contribution in [3.63, 3.8) is 0 Å². The first-order valence-corrected chi connectivity index (χ1v) is 6.85. The number of aromatic nitrogens is 3. The molecule has 0 aliphatic carbocycles. The van der Waals surface area contributed by atoms with Crippen LogP contribution in [0.5, 0.6) is 5.75 Å². The van der Waals surface area contributed by atoms with Gasteiger partial charge in [-0.15, -0.1) is 5.10 Å². The molecule has 0 spiro atoms. The van der Waals surface area contributed by atoms with Gasteiger partial charge < -0.3 is 10.5 Å². The Morgan fingerprint density at radius 3 is 2.86 bits per heavy atom. The quantitative estimate of drug-likeness (QED) is 0.797. The largest absolute Gasteiger partial charge is 0.497 e. The van der Waals surface area contributed by atoms with Crippen LogP contribution in [0.3, 0.4) is 0 Å². The molecule has 108 valence electrons. The van der Waals surface area contributed by atoms with E-state index in [1.165, 1.54) is 16.3 Å². The van der Waals surface area contributed by atoms with Gasteiger partial charge >= 0.3 is 0 Å². The third kappa shape index (κ3) is 2.60. The molecule has 0 bridgehead atoms. The zero-order chi connectivity index (χ0) is 14.8. The van der Waals surface area contributed by atoms with Crippen LogP contribution in [0.4, 0.5) is 0 Å². The van der Waals surface area contributed by atoms with Crippen LogP contribution in [-0.2, 0) is 13.5 Å². The van der Waals surface area contributed by atoms with E-state index in [4.69, 9.17) is 10.5 Å². The summed E-state index contributed by atoms with van der Waals surface area (Å²) in [5, 5.41) is 10.2. The van der Waals surface area contributed by atoms with E-state index in [0.29, 0.717) is 0 Å². The predicted octanol–water partition coefficient (Wildman–Crippen LogP) is 2.22. The van der Waals surface area contributed by atoms with E-state index in [9.17, 15) is 0 Å². The first-order valence-electron chi connectivity index (χ1n) is 6.85. The molecule has 5 nitrogen and oxygen atoms in total. The molecule has 1 unspecified atom stereocenters. The van der Waals surface area contributed by atoms with Gasteiger partial charge in [-0.3, -0.25) is 4.68 Å². The van der Waals surface area contributed by atoms with Crippen molar-refractivity contribution in [3.05, 3.63) is 53.9 Å². The zero-order valence-corrected chi connectivity index (χ0v) is 12.2. The normalized spacial score (nSPS) is 12.5. The van der Waals surface area contributed by atoms with Gasteiger partial charge in [0, 0.05) is 7.05 Å². The number of hydrogen-bond donors (Lipinski definition) is 1. The van der Waals surface area contributed by atoms with E-state index in [1.807, 2.05) is 13.1 Å². The van der Waals surface area contributed by atoms with Gasteiger partial charge in [0.25, 0.3) is 0 Å². The highest BCUT2D eigenvalue weighted by Crippen LogP contribution is 2.26. The number of ether oxygens (including phenoxy) is 1. The number of fused-ring (bicyclic) bond motifs is 1. The minimum Gasteiger partial charge on any atom is -0.497 e. The first-order chi connectivity index (χ1) is 10.2. The molecular formula is C16H18N4O. The van der Waals surface area contributed by atoms with Gasteiger partial charge in [0.1, 0.15) is 5.75 Å². The molecule has 2 aromatic carbocycles. The van der Waals surface area contributed by atoms with E-state index in [2.05, 4.69) is 40.6 Å². The second-order valence-corrected chi connectivity index (χ2v) is 5.10. The maximum absolute atomic E-state index is 6.30. The molecular weight excluding hydrogens is 264 g/mol. The van der Waals surface area contributed by atoms with Crippen molar-refractivity contribution in [1.29, 1.82) is 0 Å². The van der Waals surface area contributed by atoms with Crippen molar-refractivity contribution in [2.75, 3.05) is 7.11 Å². The topological polar surface area (TPSA) is 66.0 Å². The highest BCUT2D eigenvalue weighted by molar-refractivity contribution is 5.87. The summed E-state index contributed by atoms with van der Waals surface area (Å²) in [6, 6.07) is 12.2. The van der Waals surface area contributed by atoms with E-state index in [0.717, 1.165) is 17.9 Å². The molecule has 3 rings (SSSR count). The van der Waals surface area contributed by atoms with Crippen molar-refractivity contribution in [2.24, 2.45) is 12.8 Å². The summed E-state index contributed by atoms with van der Waals surface area (Å²) >= 11 is 0. The molecule has 3 aromatic rings. The Morgan fingerprint density at radius 2 is 2.14 bits per heavy atom. The van der Waals surface area contributed by atoms with Crippen LogP contribution in [0.1, 0.15) is 17.3 Å². The number of hydrogen-bond acceptors (Lipinski definition) is 4. The predicted molar refractivity (Wildman–Crippen MR) is 82.1 cm³/mol. The lowest BCUT2D eigenvalue weighted by Gasteiger charge is -2.14. The van der Waals surface area contributed by atoms with Gasteiger partial charge in [-0.2, -0.15) is 0 Å². The summed E-state index contributed by atoms with van der Waals surface area (Å²) < 4.78 is 7.04. The fourth-order valence-electron chi connectivity index (χ4n) is 2.60. The van der Waals surface area contributed by atoms with Crippen LogP contribution < -0.4 is 10.5 Å². The third-order valence-electron chi connectivity index (χ3n) is 3.75. The Hall–Kier alpha value is -2.40. The molecule has 21 heavy (non-hydrogen) atoms. The van der Waals surface area contributed by atoms with Gasteiger partial charge in [-0.1, -0.05) is 29.5 Å². The van der Waals surface area contributed by atoms with E-state index in [1.54, 1.807) is 18.0 Å². The van der Waals surface area contributed by atoms with Crippen LogP contribution in [-0.4, -0.2) is 22.1 Å². The van der Waals surface area contributed by atoms with Gasteiger partial charge in [0.2, 0.25) is 0 Å². The summed E-state index contributed by atoms with van der Waals surface area (Å²) in [4.78, 5) is 0. The van der Waals surface area contributed by atoms with Crippen LogP contribution in [0.2, 0.25) is 0 Å². The van der Waals surface area contributed by atoms with Crippen molar-refractivity contribution in [2.45, 2.75) is 12.5 Å². The number of aryl methyl sites for hydroxylation is 1. The maximum atomic E-state index is 6.30. The molecule has 0 aliphatic rings. The van der Waals surface area contributed by atoms with Gasteiger partial charge in [-0.25, -0.2) is 0 Å². The number of nitrogens with two attached hydrogens (primary N) is 1. The molecule has 0 saturated heterocycles. The molecule has 0 aliphatic heterocycles. The molecule has 0 fully saturated rings. The lowest BCUT2D eigenvalue weighted by Crippen LogP contribution is -2.17. The molecule has 1 atom stereocenters. The van der Waals surface area contributed by atoms with Crippen LogP contribution in [0.25, 0.3) is 10.8 Å². The van der Waals surface area contributed by atoms with Crippen molar-refractivity contribution < 1.29 is 4.74 Å². The fourth-order valence-corrected chi connectivity index (χ4v) is 2.60. The van der Waals surface area contributed by atoms with Crippen LogP contribution in [0, 0.1) is 0 Å². The molecule has 0 amide bonds. The summed E-state index contributed by atoms with van der Waals surface area (Å²) in [5.41, 5.74) is 8.42. The Kier molecular flexibility index (Phi) is 3.58. The Bertz CT molecular complexity index is 766. The van der Waals surface area contributed by atoms with Crippen molar-refractivity contribution in [3.8, 4) is 5.75 Å². The van der Waals surface area contributed by atoms with Gasteiger partial charge in [-0.05, 0) is 34.9 Å². The Labute approximate surface area is 123 Å². The SMILES string of the molecule is COc1ccc2cccc(CC(N)c3cnnn3C)c2c1. The summed E-state index contributed by atoms with van der Waals surface area (Å²) in [7, 11) is 3.53. The van der Waals surface area contributed by atoms with E-state index >= 15 is 0 Å². The highest BCUT2D eigenvalue weighted by atomic mass is 16.5. The molecule has 0 saturated carbocycles. The number of methoxy groups -OCH3 is 1. The fraction of sp³-hybridized carbons (Fsp3) is 0.250. The standard InChI is InChI=1S/C16H18N4O/c1-20-16(10-18-19-20)15(17)8-12-5-3-4-11-6-7-13(21-2)9-14(11)12/h3-7,9-10,15H,8,17H2,1-2H3. The average molecular weight is 282 g/mol. The van der Waals surface area contributed by atoms with Gasteiger partial charge in [0.15, 0.2) is 0 Å². The second kappa shape index (κ2) is 5.54. The number of rotatable bonds is 4. The maximum Gasteiger partial charge on any atom is 0.119 e. The Morgan fingerprint density at radius 1 is 1.29 bits per heavy atom. The summed E-state index contributed by atoms with van der Waals surface area (Å²) in [6.07, 6.45) is 2.45. The molecule has 1 heterocycles. The Balaban J connectivity index is 1.98. The van der Waals surface area contributed by atoms with Crippen molar-refractivity contribution >= 4 is 10.8 Å². The second-order valence-electron chi connectivity index (χ2n) is 5.10. The lowest BCUT2D eigenvalue weighted by molar-refractivity contribution is 0.415. The average Bonchev–Trinajstić information content (AvgIpc) is 2.93. The number of nitrogens with zero attached hydrogens (tertiary/aromatic N) is 3. The van der Waals surface area contributed by atoms with Crippen LogP contribution >= 0.6 is 0 Å². The van der Waals surface area contributed by atoms with Gasteiger partial charge in [0.05, 0.1) is 25.0 Å². The molecule has 0 radical (unpaired) electrons. The summed E-state index contributed by atoms with van der Waals surface area (Å²) in [6.45, 7) is 0. The van der Waals surface area contributed by atoms with Crippen molar-refractivity contribution in [1.82, 2.24) is 15.0 Å². The minimum absolute atomic E-state index is 0.137. The molecule has 2 N–H and O–H groups in total. The highest BCUT2D eigenvalue weighted by Gasteiger charge is 2.13. The monoisotopic (exact) mass is 282 g/mol. The molecule has 1 aromatic heterocycles. The molecule has 5 heteroatoms. The number of benzene rings is 2. The summed E-state index contributed by atoms with van der Waals surface area (Å²) in [5.74, 6) is 0.853. The van der Waals surface area contributed by atoms with E-state index < -0.39 is 0 Å². The third-order valence-corrected chi connectivity index (χ3v) is 3.75. The lowest BCUT2D eigenvalue weighted by atomic mass is 9.98.